The van der Waals surface area contributed by atoms with Crippen LogP contribution in [0.15, 0.2) is 36.5 Å². The summed E-state index contributed by atoms with van der Waals surface area (Å²) in [5.74, 6) is 0.173. The number of carbonyl (C=O) groups is 1. The molecule has 4 rings (SSSR count). The molecule has 1 fully saturated rings. The molecule has 1 amide bonds. The number of para-hydroxylation sites is 1. The highest BCUT2D eigenvalue weighted by molar-refractivity contribution is 5.92. The van der Waals surface area contributed by atoms with Gasteiger partial charge < -0.3 is 10.3 Å². The highest BCUT2D eigenvalue weighted by Crippen LogP contribution is 2.29. The van der Waals surface area contributed by atoms with E-state index < -0.39 is 0 Å². The molecule has 0 radical (unpaired) electrons. The summed E-state index contributed by atoms with van der Waals surface area (Å²) < 4.78 is 0. The number of nitrogens with one attached hydrogen (secondary N) is 2. The first-order valence-electron chi connectivity index (χ1n) is 8.07. The third kappa shape index (κ3) is 2.79. The number of rotatable bonds is 4. The Labute approximate surface area is 130 Å². The lowest BCUT2D eigenvalue weighted by Crippen LogP contribution is -2.39. The van der Waals surface area contributed by atoms with Gasteiger partial charge in [0.1, 0.15) is 0 Å². The van der Waals surface area contributed by atoms with Gasteiger partial charge in [0.25, 0.3) is 0 Å². The first kappa shape index (κ1) is 13.6. The molecule has 114 valence electrons. The summed E-state index contributed by atoms with van der Waals surface area (Å²) in [6.07, 6.45) is 7.67. The molecule has 1 saturated carbocycles. The number of amides is 1. The molecular formula is C18H21N3O. The van der Waals surface area contributed by atoms with Crippen LogP contribution in [0.4, 0.5) is 0 Å². The summed E-state index contributed by atoms with van der Waals surface area (Å²) in [5.41, 5.74) is 3.87. The van der Waals surface area contributed by atoms with Gasteiger partial charge in [-0.1, -0.05) is 24.3 Å². The fourth-order valence-corrected chi connectivity index (χ4v) is 3.14. The standard InChI is InChI=1S/C18H21N3O/c22-18(20-14-5-6-14)12-21-9-7-13(8-10-21)16-11-19-17-4-2-1-3-15(16)17/h1-4,7,11,14,19H,5-6,8-10,12H2,(H,20,22). The molecule has 0 atom stereocenters. The zero-order valence-electron chi connectivity index (χ0n) is 12.6. The number of aromatic amines is 1. The molecule has 4 nitrogen and oxygen atoms in total. The molecule has 2 heterocycles. The van der Waals surface area contributed by atoms with Crippen molar-refractivity contribution in [2.45, 2.75) is 25.3 Å². The second kappa shape index (κ2) is 5.61. The van der Waals surface area contributed by atoms with Crippen molar-refractivity contribution in [1.29, 1.82) is 0 Å². The molecule has 2 N–H and O–H groups in total. The van der Waals surface area contributed by atoms with Gasteiger partial charge in [-0.25, -0.2) is 0 Å². The van der Waals surface area contributed by atoms with Gasteiger partial charge in [-0.2, -0.15) is 0 Å². The number of hydrogen-bond donors (Lipinski definition) is 2. The Kier molecular flexibility index (Phi) is 3.47. The maximum Gasteiger partial charge on any atom is 0.234 e. The van der Waals surface area contributed by atoms with Gasteiger partial charge in [0.15, 0.2) is 0 Å². The van der Waals surface area contributed by atoms with E-state index in [0.29, 0.717) is 12.6 Å². The molecule has 0 unspecified atom stereocenters. The van der Waals surface area contributed by atoms with E-state index in [0.717, 1.165) is 32.4 Å². The van der Waals surface area contributed by atoms with Gasteiger partial charge in [-0.05, 0) is 30.9 Å². The summed E-state index contributed by atoms with van der Waals surface area (Å²) >= 11 is 0. The summed E-state index contributed by atoms with van der Waals surface area (Å²) in [4.78, 5) is 17.4. The van der Waals surface area contributed by atoms with Crippen molar-refractivity contribution in [3.8, 4) is 0 Å². The highest BCUT2D eigenvalue weighted by atomic mass is 16.2. The monoisotopic (exact) mass is 295 g/mol. The third-order valence-electron chi connectivity index (χ3n) is 4.54. The lowest BCUT2D eigenvalue weighted by molar-refractivity contribution is -0.122. The molecule has 4 heteroatoms. The Morgan fingerprint density at radius 2 is 2.18 bits per heavy atom. The minimum absolute atomic E-state index is 0.173. The molecule has 1 aromatic carbocycles. The molecule has 1 aliphatic heterocycles. The number of nitrogens with zero attached hydrogens (tertiary/aromatic N) is 1. The number of hydrogen-bond acceptors (Lipinski definition) is 2. The quantitative estimate of drug-likeness (QED) is 0.910. The first-order chi connectivity index (χ1) is 10.8. The Morgan fingerprint density at radius 1 is 1.32 bits per heavy atom. The maximum absolute atomic E-state index is 11.9. The molecule has 0 bridgehead atoms. The fraction of sp³-hybridized carbons (Fsp3) is 0.389. The molecular weight excluding hydrogens is 274 g/mol. The molecule has 0 saturated heterocycles. The van der Waals surface area contributed by atoms with Crippen LogP contribution in [-0.4, -0.2) is 41.5 Å². The lowest BCUT2D eigenvalue weighted by Gasteiger charge is -2.25. The molecule has 22 heavy (non-hydrogen) atoms. The second-order valence-electron chi connectivity index (χ2n) is 6.30. The average molecular weight is 295 g/mol. The van der Waals surface area contributed by atoms with Crippen molar-refractivity contribution in [3.63, 3.8) is 0 Å². The smallest absolute Gasteiger partial charge is 0.234 e. The van der Waals surface area contributed by atoms with E-state index in [4.69, 9.17) is 0 Å². The van der Waals surface area contributed by atoms with E-state index in [2.05, 4.69) is 51.7 Å². The molecule has 0 spiro atoms. The van der Waals surface area contributed by atoms with Gasteiger partial charge >= 0.3 is 0 Å². The number of aromatic nitrogens is 1. The Balaban J connectivity index is 1.43. The van der Waals surface area contributed by atoms with Crippen LogP contribution in [0.5, 0.6) is 0 Å². The van der Waals surface area contributed by atoms with Crippen molar-refractivity contribution >= 4 is 22.4 Å². The van der Waals surface area contributed by atoms with E-state index >= 15 is 0 Å². The third-order valence-corrected chi connectivity index (χ3v) is 4.54. The number of fused-ring (bicyclic) bond motifs is 1. The highest BCUT2D eigenvalue weighted by Gasteiger charge is 2.24. The van der Waals surface area contributed by atoms with Crippen LogP contribution < -0.4 is 5.32 Å². The Morgan fingerprint density at radius 3 is 2.95 bits per heavy atom. The van der Waals surface area contributed by atoms with Crippen molar-refractivity contribution < 1.29 is 4.79 Å². The maximum atomic E-state index is 11.9. The van der Waals surface area contributed by atoms with E-state index in [-0.39, 0.29) is 5.91 Å². The van der Waals surface area contributed by atoms with Crippen LogP contribution in [0.25, 0.3) is 16.5 Å². The SMILES string of the molecule is O=C(CN1CC=C(c2c[nH]c3ccccc23)CC1)NC1CC1. The van der Waals surface area contributed by atoms with Gasteiger partial charge in [-0.15, -0.1) is 0 Å². The average Bonchev–Trinajstić information content (AvgIpc) is 3.24. The van der Waals surface area contributed by atoms with Crippen LogP contribution in [0.1, 0.15) is 24.8 Å². The van der Waals surface area contributed by atoms with Crippen molar-refractivity contribution in [2.75, 3.05) is 19.6 Å². The molecule has 2 aromatic rings. The van der Waals surface area contributed by atoms with Crippen LogP contribution in [-0.2, 0) is 4.79 Å². The molecule has 1 aromatic heterocycles. The van der Waals surface area contributed by atoms with E-state index in [1.807, 2.05) is 0 Å². The minimum atomic E-state index is 0.173. The molecule has 2 aliphatic rings. The van der Waals surface area contributed by atoms with E-state index in [1.165, 1.54) is 22.0 Å². The predicted octanol–water partition coefficient (Wildman–Crippen LogP) is 2.54. The second-order valence-corrected chi connectivity index (χ2v) is 6.30. The normalized spacial score (nSPS) is 19.2. The van der Waals surface area contributed by atoms with E-state index in [9.17, 15) is 4.79 Å². The van der Waals surface area contributed by atoms with Gasteiger partial charge in [0.05, 0.1) is 6.54 Å². The summed E-state index contributed by atoms with van der Waals surface area (Å²) in [6.45, 7) is 2.32. The summed E-state index contributed by atoms with van der Waals surface area (Å²) in [6, 6.07) is 8.86. The minimum Gasteiger partial charge on any atom is -0.361 e. The van der Waals surface area contributed by atoms with E-state index in [1.54, 1.807) is 0 Å². The number of benzene rings is 1. The number of H-pyrrole nitrogens is 1. The van der Waals surface area contributed by atoms with Crippen molar-refractivity contribution in [1.82, 2.24) is 15.2 Å². The summed E-state index contributed by atoms with van der Waals surface area (Å²) in [5, 5.41) is 4.34. The largest absolute Gasteiger partial charge is 0.361 e. The Hall–Kier alpha value is -2.07. The van der Waals surface area contributed by atoms with Crippen LogP contribution in [0, 0.1) is 0 Å². The zero-order valence-corrected chi connectivity index (χ0v) is 12.6. The van der Waals surface area contributed by atoms with Crippen molar-refractivity contribution in [2.24, 2.45) is 0 Å². The summed E-state index contributed by atoms with van der Waals surface area (Å²) in [7, 11) is 0. The van der Waals surface area contributed by atoms with Gasteiger partial charge in [0.2, 0.25) is 5.91 Å². The van der Waals surface area contributed by atoms with Crippen LogP contribution >= 0.6 is 0 Å². The zero-order chi connectivity index (χ0) is 14.9. The van der Waals surface area contributed by atoms with Gasteiger partial charge in [-0.3, -0.25) is 9.69 Å². The lowest BCUT2D eigenvalue weighted by atomic mass is 9.99. The van der Waals surface area contributed by atoms with Gasteiger partial charge in [0, 0.05) is 41.8 Å². The first-order valence-corrected chi connectivity index (χ1v) is 8.07. The van der Waals surface area contributed by atoms with Crippen molar-refractivity contribution in [3.05, 3.63) is 42.1 Å². The fourth-order valence-electron chi connectivity index (χ4n) is 3.14. The topological polar surface area (TPSA) is 48.1 Å². The van der Waals surface area contributed by atoms with Crippen LogP contribution in [0.2, 0.25) is 0 Å². The predicted molar refractivity (Wildman–Crippen MR) is 88.5 cm³/mol. The number of carbonyl (C=O) groups excluding carboxylic acids is 1. The Bertz CT molecular complexity index is 727. The van der Waals surface area contributed by atoms with Crippen LogP contribution in [0.3, 0.4) is 0 Å². The molecule has 1 aliphatic carbocycles.